The van der Waals surface area contributed by atoms with Crippen molar-refractivity contribution in [3.8, 4) is 0 Å². The van der Waals surface area contributed by atoms with Crippen molar-refractivity contribution in [2.24, 2.45) is 0 Å². The fraction of sp³-hybridized carbons (Fsp3) is 0.455. The highest BCUT2D eigenvalue weighted by Crippen LogP contribution is 2.27. The van der Waals surface area contributed by atoms with Crippen LogP contribution in [0.15, 0.2) is 16.7 Å². The van der Waals surface area contributed by atoms with E-state index in [0.717, 1.165) is 22.3 Å². The molecule has 0 spiro atoms. The second-order valence-corrected chi connectivity index (χ2v) is 4.59. The zero-order valence-electron chi connectivity index (χ0n) is 9.07. The van der Waals surface area contributed by atoms with Gasteiger partial charge in [-0.25, -0.2) is 4.98 Å². The van der Waals surface area contributed by atoms with E-state index in [1.54, 1.807) is 18.2 Å². The quantitative estimate of drug-likeness (QED) is 0.850. The van der Waals surface area contributed by atoms with Crippen LogP contribution < -0.4 is 4.90 Å². The summed E-state index contributed by atoms with van der Waals surface area (Å²) in [6.45, 7) is 1.10. The summed E-state index contributed by atoms with van der Waals surface area (Å²) < 4.78 is 5.95. The number of aryl methyl sites for hydroxylation is 1. The van der Waals surface area contributed by atoms with E-state index in [9.17, 15) is 4.79 Å². The number of amides is 1. The Bertz CT molecular complexity index is 409. The van der Waals surface area contributed by atoms with Crippen molar-refractivity contribution >= 4 is 27.7 Å². The van der Waals surface area contributed by atoms with Crippen LogP contribution in [-0.4, -0.2) is 31.2 Å². The van der Waals surface area contributed by atoms with Gasteiger partial charge in [0.2, 0.25) is 5.91 Å². The van der Waals surface area contributed by atoms with Crippen LogP contribution in [0.5, 0.6) is 0 Å². The van der Waals surface area contributed by atoms with Crippen molar-refractivity contribution in [1.29, 1.82) is 0 Å². The van der Waals surface area contributed by atoms with E-state index in [1.165, 1.54) is 0 Å². The van der Waals surface area contributed by atoms with Crippen LogP contribution in [0.25, 0.3) is 0 Å². The van der Waals surface area contributed by atoms with Gasteiger partial charge in [0.25, 0.3) is 0 Å². The predicted octanol–water partition coefficient (Wildman–Crippen LogP) is 1.77. The van der Waals surface area contributed by atoms with E-state index in [0.29, 0.717) is 19.6 Å². The molecule has 0 bridgehead atoms. The molecular formula is C11H13BrN2O2. The van der Waals surface area contributed by atoms with Crippen LogP contribution in [0.2, 0.25) is 0 Å². The molecule has 0 fully saturated rings. The molecular weight excluding hydrogens is 272 g/mol. The number of hydrogen-bond donors (Lipinski definition) is 0. The molecule has 0 unspecified atom stereocenters. The average molecular weight is 285 g/mol. The van der Waals surface area contributed by atoms with E-state index >= 15 is 0 Å². The number of methoxy groups -OCH3 is 1. The maximum atomic E-state index is 11.8. The molecule has 1 aliphatic rings. The summed E-state index contributed by atoms with van der Waals surface area (Å²) in [4.78, 5) is 17.8. The number of pyridine rings is 1. The maximum absolute atomic E-state index is 11.8. The van der Waals surface area contributed by atoms with Crippen molar-refractivity contribution < 1.29 is 9.53 Å². The second kappa shape index (κ2) is 4.93. The number of halogens is 1. The van der Waals surface area contributed by atoms with Crippen LogP contribution in [0, 0.1) is 0 Å². The van der Waals surface area contributed by atoms with Crippen LogP contribution in [0.4, 0.5) is 5.82 Å². The lowest BCUT2D eigenvalue weighted by Crippen LogP contribution is -2.38. The molecule has 0 atom stereocenters. The van der Waals surface area contributed by atoms with Crippen molar-refractivity contribution in [2.45, 2.75) is 12.8 Å². The summed E-state index contributed by atoms with van der Waals surface area (Å²) in [5.74, 6) is 0.899. The molecule has 1 amide bonds. The number of hydrogen-bond acceptors (Lipinski definition) is 3. The Morgan fingerprint density at radius 2 is 2.38 bits per heavy atom. The predicted molar refractivity (Wildman–Crippen MR) is 64.5 cm³/mol. The van der Waals surface area contributed by atoms with E-state index in [1.807, 2.05) is 6.07 Å². The Hall–Kier alpha value is -0.940. The first kappa shape index (κ1) is 11.5. The largest absolute Gasteiger partial charge is 0.383 e. The fourth-order valence-electron chi connectivity index (χ4n) is 1.81. The van der Waals surface area contributed by atoms with Crippen molar-refractivity contribution in [2.75, 3.05) is 25.2 Å². The fourth-order valence-corrected chi connectivity index (χ4v) is 2.19. The molecule has 0 aromatic carbocycles. The monoisotopic (exact) mass is 284 g/mol. The van der Waals surface area contributed by atoms with E-state index < -0.39 is 0 Å². The minimum absolute atomic E-state index is 0.124. The van der Waals surface area contributed by atoms with Crippen LogP contribution in [0.1, 0.15) is 12.0 Å². The summed E-state index contributed by atoms with van der Waals surface area (Å²) in [6.07, 6.45) is 3.04. The molecule has 0 saturated carbocycles. The number of carbonyl (C=O) groups is 1. The normalized spacial score (nSPS) is 15.1. The highest BCUT2D eigenvalue weighted by molar-refractivity contribution is 9.10. The third-order valence-corrected chi connectivity index (χ3v) is 3.03. The maximum Gasteiger partial charge on any atom is 0.228 e. The van der Waals surface area contributed by atoms with Gasteiger partial charge < -0.3 is 4.74 Å². The zero-order valence-corrected chi connectivity index (χ0v) is 10.7. The number of ether oxygens (including phenoxy) is 1. The van der Waals surface area contributed by atoms with Gasteiger partial charge in [-0.15, -0.1) is 0 Å². The molecule has 2 heterocycles. The molecule has 1 aromatic rings. The highest BCUT2D eigenvalue weighted by atomic mass is 79.9. The van der Waals surface area contributed by atoms with Gasteiger partial charge in [0.15, 0.2) is 0 Å². The average Bonchev–Trinajstić information content (AvgIpc) is 2.28. The molecule has 0 N–H and O–H groups in total. The van der Waals surface area contributed by atoms with Gasteiger partial charge in [0.1, 0.15) is 5.82 Å². The number of carbonyl (C=O) groups excluding carboxylic acids is 1. The minimum Gasteiger partial charge on any atom is -0.383 e. The molecule has 0 radical (unpaired) electrons. The first-order valence-corrected chi connectivity index (χ1v) is 5.95. The molecule has 5 heteroatoms. The van der Waals surface area contributed by atoms with Gasteiger partial charge in [-0.05, 0) is 34.0 Å². The zero-order chi connectivity index (χ0) is 11.5. The van der Waals surface area contributed by atoms with E-state index in [4.69, 9.17) is 4.74 Å². The Balaban J connectivity index is 2.29. The van der Waals surface area contributed by atoms with Crippen LogP contribution in [-0.2, 0) is 16.0 Å². The first-order valence-electron chi connectivity index (χ1n) is 5.16. The SMILES string of the molecule is COCCN1C(=O)CCc2cc(Br)cnc21. The molecule has 1 aromatic heterocycles. The Morgan fingerprint density at radius 1 is 1.56 bits per heavy atom. The van der Waals surface area contributed by atoms with Crippen molar-refractivity contribution in [1.82, 2.24) is 4.98 Å². The number of nitrogens with zero attached hydrogens (tertiary/aromatic N) is 2. The third-order valence-electron chi connectivity index (χ3n) is 2.59. The van der Waals surface area contributed by atoms with Gasteiger partial charge in [-0.1, -0.05) is 0 Å². The van der Waals surface area contributed by atoms with Gasteiger partial charge in [-0.2, -0.15) is 0 Å². The number of anilines is 1. The Kier molecular flexibility index (Phi) is 3.56. The number of aromatic nitrogens is 1. The number of fused-ring (bicyclic) bond motifs is 1. The van der Waals surface area contributed by atoms with Crippen LogP contribution >= 0.6 is 15.9 Å². The minimum atomic E-state index is 0.124. The lowest BCUT2D eigenvalue weighted by molar-refractivity contribution is -0.119. The Morgan fingerprint density at radius 3 is 3.12 bits per heavy atom. The van der Waals surface area contributed by atoms with Gasteiger partial charge in [-0.3, -0.25) is 9.69 Å². The summed E-state index contributed by atoms with van der Waals surface area (Å²) in [5, 5.41) is 0. The Labute approximate surface area is 103 Å². The van der Waals surface area contributed by atoms with E-state index in [-0.39, 0.29) is 5.91 Å². The summed E-state index contributed by atoms with van der Waals surface area (Å²) in [6, 6.07) is 2.02. The third kappa shape index (κ3) is 2.25. The molecule has 86 valence electrons. The van der Waals surface area contributed by atoms with Gasteiger partial charge in [0.05, 0.1) is 13.2 Å². The van der Waals surface area contributed by atoms with Gasteiger partial charge in [0, 0.05) is 24.2 Å². The summed E-state index contributed by atoms with van der Waals surface area (Å²) in [5.41, 5.74) is 1.12. The first-order chi connectivity index (χ1) is 7.72. The molecule has 1 aliphatic heterocycles. The molecule has 0 saturated heterocycles. The highest BCUT2D eigenvalue weighted by Gasteiger charge is 2.24. The molecule has 4 nitrogen and oxygen atoms in total. The molecule has 16 heavy (non-hydrogen) atoms. The van der Waals surface area contributed by atoms with Crippen molar-refractivity contribution in [3.05, 3.63) is 22.3 Å². The van der Waals surface area contributed by atoms with Gasteiger partial charge >= 0.3 is 0 Å². The number of rotatable bonds is 3. The lowest BCUT2D eigenvalue weighted by atomic mass is 10.1. The van der Waals surface area contributed by atoms with E-state index in [2.05, 4.69) is 20.9 Å². The lowest BCUT2D eigenvalue weighted by Gasteiger charge is -2.27. The standard InChI is InChI=1S/C11H13BrN2O2/c1-16-5-4-14-10(15)3-2-8-6-9(12)7-13-11(8)14/h6-7H,2-5H2,1H3. The van der Waals surface area contributed by atoms with Crippen LogP contribution in [0.3, 0.4) is 0 Å². The smallest absolute Gasteiger partial charge is 0.228 e. The molecule has 2 rings (SSSR count). The topological polar surface area (TPSA) is 42.4 Å². The molecule has 0 aliphatic carbocycles. The summed E-state index contributed by atoms with van der Waals surface area (Å²) in [7, 11) is 1.63. The van der Waals surface area contributed by atoms with Crippen molar-refractivity contribution in [3.63, 3.8) is 0 Å². The second-order valence-electron chi connectivity index (χ2n) is 3.67. The summed E-state index contributed by atoms with van der Waals surface area (Å²) >= 11 is 3.39.